The van der Waals surface area contributed by atoms with E-state index in [-0.39, 0.29) is 5.95 Å². The van der Waals surface area contributed by atoms with Crippen LogP contribution in [-0.2, 0) is 4.74 Å². The summed E-state index contributed by atoms with van der Waals surface area (Å²) < 4.78 is 5.51. The molecular formula is C20H18N6OS. The van der Waals surface area contributed by atoms with Crippen molar-refractivity contribution in [1.29, 1.82) is 0 Å². The molecule has 0 radical (unpaired) electrons. The lowest BCUT2D eigenvalue weighted by molar-refractivity contribution is 0.122. The highest BCUT2D eigenvalue weighted by molar-refractivity contribution is 7.08. The van der Waals surface area contributed by atoms with Crippen molar-refractivity contribution in [2.45, 2.75) is 0 Å². The number of hydrogen-bond acceptors (Lipinski definition) is 8. The molecule has 28 heavy (non-hydrogen) atoms. The Labute approximate surface area is 165 Å². The minimum Gasteiger partial charge on any atom is -0.378 e. The highest BCUT2D eigenvalue weighted by Gasteiger charge is 2.18. The number of anilines is 2. The van der Waals surface area contributed by atoms with E-state index in [4.69, 9.17) is 20.4 Å². The van der Waals surface area contributed by atoms with Crippen LogP contribution in [0.3, 0.4) is 0 Å². The maximum Gasteiger partial charge on any atom is 0.219 e. The molecule has 7 nitrogen and oxygen atoms in total. The van der Waals surface area contributed by atoms with E-state index in [1.54, 1.807) is 23.7 Å². The molecule has 0 unspecified atom stereocenters. The summed E-state index contributed by atoms with van der Waals surface area (Å²) >= 11 is 1.68. The summed E-state index contributed by atoms with van der Waals surface area (Å²) in [6.45, 7) is 2.99. The van der Waals surface area contributed by atoms with Crippen molar-refractivity contribution < 1.29 is 4.74 Å². The second kappa shape index (κ2) is 7.14. The van der Waals surface area contributed by atoms with Gasteiger partial charge in [0.15, 0.2) is 5.82 Å². The number of ether oxygens (including phenoxy) is 1. The number of nitrogen functional groups attached to an aromatic ring is 1. The molecule has 1 fully saturated rings. The summed E-state index contributed by atoms with van der Waals surface area (Å²) in [6.07, 6.45) is 3.32. The lowest BCUT2D eigenvalue weighted by Crippen LogP contribution is -2.37. The topological polar surface area (TPSA) is 90.0 Å². The average molecular weight is 390 g/mol. The van der Waals surface area contributed by atoms with Crippen LogP contribution in [0.15, 0.2) is 47.4 Å². The third-order valence-electron chi connectivity index (χ3n) is 4.77. The molecule has 0 aliphatic carbocycles. The van der Waals surface area contributed by atoms with Crippen LogP contribution in [0.1, 0.15) is 0 Å². The Morgan fingerprint density at radius 2 is 1.79 bits per heavy atom. The number of nitrogens with two attached hydrogens (primary N) is 1. The van der Waals surface area contributed by atoms with Gasteiger partial charge in [-0.2, -0.15) is 11.3 Å². The molecule has 4 aromatic rings. The van der Waals surface area contributed by atoms with Crippen LogP contribution in [0.25, 0.3) is 33.4 Å². The zero-order chi connectivity index (χ0) is 18.9. The highest BCUT2D eigenvalue weighted by Crippen LogP contribution is 2.32. The molecule has 1 saturated heterocycles. The van der Waals surface area contributed by atoms with Crippen molar-refractivity contribution in [1.82, 2.24) is 19.9 Å². The molecule has 8 heteroatoms. The Balaban J connectivity index is 1.69. The van der Waals surface area contributed by atoms with E-state index in [0.29, 0.717) is 19.0 Å². The molecule has 4 heterocycles. The number of morpholine rings is 1. The number of rotatable bonds is 3. The summed E-state index contributed by atoms with van der Waals surface area (Å²) in [7, 11) is 0. The first kappa shape index (κ1) is 17.0. The zero-order valence-electron chi connectivity index (χ0n) is 15.1. The largest absolute Gasteiger partial charge is 0.378 e. The summed E-state index contributed by atoms with van der Waals surface area (Å²) in [5.74, 6) is 1.74. The summed E-state index contributed by atoms with van der Waals surface area (Å²) in [6, 6.07) is 8.47. The fourth-order valence-electron chi connectivity index (χ4n) is 3.32. The van der Waals surface area contributed by atoms with E-state index in [2.05, 4.69) is 49.9 Å². The normalized spacial score (nSPS) is 14.5. The van der Waals surface area contributed by atoms with Crippen molar-refractivity contribution >= 4 is 34.0 Å². The van der Waals surface area contributed by atoms with Gasteiger partial charge in [-0.15, -0.1) is 0 Å². The van der Waals surface area contributed by atoms with Gasteiger partial charge >= 0.3 is 0 Å². The Kier molecular flexibility index (Phi) is 4.34. The standard InChI is InChI=1S/C20H18N6OS/c21-20-22-10-15(11-23-20)18-24-17-9-13(14-3-8-28-12-14)1-2-16(17)19(25-18)26-4-6-27-7-5-26/h1-3,8-12H,4-7H2,(H2,21,22,23). The average Bonchev–Trinajstić information content (AvgIpc) is 3.29. The van der Waals surface area contributed by atoms with E-state index < -0.39 is 0 Å². The third kappa shape index (κ3) is 3.17. The lowest BCUT2D eigenvalue weighted by atomic mass is 10.1. The van der Waals surface area contributed by atoms with Crippen LogP contribution < -0.4 is 10.6 Å². The number of hydrogen-bond donors (Lipinski definition) is 1. The summed E-state index contributed by atoms with van der Waals surface area (Å²) in [5.41, 5.74) is 9.60. The monoisotopic (exact) mass is 390 g/mol. The predicted molar refractivity (Wildman–Crippen MR) is 111 cm³/mol. The Bertz CT molecular complexity index is 1110. The van der Waals surface area contributed by atoms with Gasteiger partial charge in [0.2, 0.25) is 5.95 Å². The van der Waals surface area contributed by atoms with Crippen LogP contribution in [-0.4, -0.2) is 46.2 Å². The van der Waals surface area contributed by atoms with Gasteiger partial charge in [0.1, 0.15) is 5.82 Å². The smallest absolute Gasteiger partial charge is 0.219 e. The van der Waals surface area contributed by atoms with Crippen LogP contribution in [0, 0.1) is 0 Å². The summed E-state index contributed by atoms with van der Waals surface area (Å²) in [4.78, 5) is 20.1. The van der Waals surface area contributed by atoms with E-state index in [9.17, 15) is 0 Å². The molecule has 0 atom stereocenters. The van der Waals surface area contributed by atoms with Gasteiger partial charge in [0, 0.05) is 30.9 Å². The molecule has 0 amide bonds. The molecule has 2 N–H and O–H groups in total. The molecule has 5 rings (SSSR count). The van der Waals surface area contributed by atoms with Gasteiger partial charge in [-0.1, -0.05) is 6.07 Å². The van der Waals surface area contributed by atoms with Crippen molar-refractivity contribution in [3.63, 3.8) is 0 Å². The van der Waals surface area contributed by atoms with Crippen LogP contribution in [0.4, 0.5) is 11.8 Å². The van der Waals surface area contributed by atoms with Gasteiger partial charge in [0.05, 0.1) is 24.3 Å². The first-order valence-corrected chi connectivity index (χ1v) is 9.97. The first-order chi connectivity index (χ1) is 13.8. The van der Waals surface area contributed by atoms with Crippen molar-refractivity contribution in [2.75, 3.05) is 36.9 Å². The maximum atomic E-state index is 5.63. The van der Waals surface area contributed by atoms with E-state index in [1.807, 2.05) is 0 Å². The van der Waals surface area contributed by atoms with Gasteiger partial charge < -0.3 is 15.4 Å². The minimum atomic E-state index is 0.234. The minimum absolute atomic E-state index is 0.234. The molecule has 0 spiro atoms. The number of nitrogens with zero attached hydrogens (tertiary/aromatic N) is 5. The Hall–Kier alpha value is -3.10. The van der Waals surface area contributed by atoms with E-state index >= 15 is 0 Å². The molecule has 1 aliphatic heterocycles. The SMILES string of the molecule is Nc1ncc(-c2nc(N3CCOCC3)c3ccc(-c4ccsc4)cc3n2)cn1. The molecule has 140 valence electrons. The molecular weight excluding hydrogens is 372 g/mol. The van der Waals surface area contributed by atoms with E-state index in [1.165, 1.54) is 5.56 Å². The van der Waals surface area contributed by atoms with Crippen molar-refractivity contribution in [2.24, 2.45) is 0 Å². The van der Waals surface area contributed by atoms with Gasteiger partial charge in [-0.05, 0) is 40.1 Å². The fourth-order valence-corrected chi connectivity index (χ4v) is 3.98. The number of benzene rings is 1. The first-order valence-electron chi connectivity index (χ1n) is 9.03. The molecule has 0 saturated carbocycles. The lowest BCUT2D eigenvalue weighted by Gasteiger charge is -2.29. The third-order valence-corrected chi connectivity index (χ3v) is 5.46. The summed E-state index contributed by atoms with van der Waals surface area (Å²) in [5, 5.41) is 5.25. The van der Waals surface area contributed by atoms with Gasteiger partial charge in [-0.25, -0.2) is 19.9 Å². The van der Waals surface area contributed by atoms with Crippen LogP contribution in [0.5, 0.6) is 0 Å². The predicted octanol–water partition coefficient (Wildman–Crippen LogP) is 3.23. The number of aromatic nitrogens is 4. The number of thiophene rings is 1. The van der Waals surface area contributed by atoms with Crippen LogP contribution >= 0.6 is 11.3 Å². The highest BCUT2D eigenvalue weighted by atomic mass is 32.1. The fraction of sp³-hybridized carbons (Fsp3) is 0.200. The molecule has 0 bridgehead atoms. The van der Waals surface area contributed by atoms with Crippen molar-refractivity contribution in [3.05, 3.63) is 47.4 Å². The molecule has 3 aromatic heterocycles. The maximum absolute atomic E-state index is 5.63. The second-order valence-corrected chi connectivity index (χ2v) is 7.32. The zero-order valence-corrected chi connectivity index (χ0v) is 15.9. The number of fused-ring (bicyclic) bond motifs is 1. The molecule has 1 aromatic carbocycles. The van der Waals surface area contributed by atoms with Gasteiger partial charge in [0.25, 0.3) is 0 Å². The Morgan fingerprint density at radius 3 is 2.54 bits per heavy atom. The van der Waals surface area contributed by atoms with Crippen molar-refractivity contribution in [3.8, 4) is 22.5 Å². The Morgan fingerprint density at radius 1 is 0.964 bits per heavy atom. The quantitative estimate of drug-likeness (QED) is 0.574. The molecule has 1 aliphatic rings. The second-order valence-electron chi connectivity index (χ2n) is 6.54. The van der Waals surface area contributed by atoms with E-state index in [0.717, 1.165) is 40.9 Å². The van der Waals surface area contributed by atoms with Gasteiger partial charge in [-0.3, -0.25) is 0 Å². The van der Waals surface area contributed by atoms with Crippen LogP contribution in [0.2, 0.25) is 0 Å².